The first-order valence-electron chi connectivity index (χ1n) is 4.95. The average molecular weight is 316 g/mol. The maximum atomic E-state index is 2.44. The van der Waals surface area contributed by atoms with Crippen LogP contribution in [0.2, 0.25) is 0 Å². The number of hydrogen-bond donors (Lipinski definition) is 0. The molecule has 74 valence electrons. The van der Waals surface area contributed by atoms with Crippen molar-refractivity contribution in [1.82, 2.24) is 0 Å². The van der Waals surface area contributed by atoms with Gasteiger partial charge >= 0.3 is 0 Å². The standard InChI is InChI=1S/C12H13IS/c1-3-8-5-9-6-10(4-2)14-12(9)7-11(8)13/h5-7H,3-4H2,1-2H3. The fourth-order valence-corrected chi connectivity index (χ4v) is 3.69. The number of rotatable bonds is 2. The van der Waals surface area contributed by atoms with Gasteiger partial charge < -0.3 is 0 Å². The quantitative estimate of drug-likeness (QED) is 0.709. The number of aryl methyl sites for hydroxylation is 2. The summed E-state index contributed by atoms with van der Waals surface area (Å²) in [5, 5.41) is 1.42. The summed E-state index contributed by atoms with van der Waals surface area (Å²) in [6.45, 7) is 4.44. The van der Waals surface area contributed by atoms with Gasteiger partial charge in [-0.1, -0.05) is 13.8 Å². The number of hydrogen-bond acceptors (Lipinski definition) is 1. The molecule has 0 N–H and O–H groups in total. The molecule has 0 saturated heterocycles. The van der Waals surface area contributed by atoms with Crippen molar-refractivity contribution in [1.29, 1.82) is 0 Å². The lowest BCUT2D eigenvalue weighted by atomic mass is 10.1. The third-order valence-corrected chi connectivity index (χ3v) is 4.71. The maximum Gasteiger partial charge on any atom is 0.0356 e. The second-order valence-corrected chi connectivity index (χ2v) is 5.73. The Morgan fingerprint density at radius 1 is 1.14 bits per heavy atom. The first-order valence-corrected chi connectivity index (χ1v) is 6.85. The molecule has 0 saturated carbocycles. The van der Waals surface area contributed by atoms with Gasteiger partial charge in [0.1, 0.15) is 0 Å². The number of fused-ring (bicyclic) bond motifs is 1. The van der Waals surface area contributed by atoms with Crippen LogP contribution in [0.3, 0.4) is 0 Å². The Morgan fingerprint density at radius 2 is 1.93 bits per heavy atom. The summed E-state index contributed by atoms with van der Waals surface area (Å²) in [4.78, 5) is 1.49. The van der Waals surface area contributed by atoms with E-state index in [0.717, 1.165) is 12.8 Å². The van der Waals surface area contributed by atoms with Crippen molar-refractivity contribution in [3.05, 3.63) is 32.2 Å². The summed E-state index contributed by atoms with van der Waals surface area (Å²) in [6.07, 6.45) is 2.28. The van der Waals surface area contributed by atoms with E-state index in [1.807, 2.05) is 11.3 Å². The first kappa shape index (κ1) is 10.4. The SMILES string of the molecule is CCc1cc2cc(CC)c(I)cc2s1. The van der Waals surface area contributed by atoms with Crippen molar-refractivity contribution in [2.75, 3.05) is 0 Å². The molecule has 0 aliphatic heterocycles. The minimum absolute atomic E-state index is 1.13. The van der Waals surface area contributed by atoms with Crippen molar-refractivity contribution in [2.24, 2.45) is 0 Å². The summed E-state index contributed by atoms with van der Waals surface area (Å²) in [7, 11) is 0. The molecule has 1 aromatic heterocycles. The van der Waals surface area contributed by atoms with Crippen LogP contribution in [-0.4, -0.2) is 0 Å². The second kappa shape index (κ2) is 4.19. The molecular formula is C12H13IS. The predicted molar refractivity (Wildman–Crippen MR) is 73.3 cm³/mol. The molecule has 0 aliphatic rings. The lowest BCUT2D eigenvalue weighted by Crippen LogP contribution is -1.83. The third-order valence-electron chi connectivity index (χ3n) is 2.47. The van der Waals surface area contributed by atoms with Gasteiger partial charge in [0, 0.05) is 13.1 Å². The minimum atomic E-state index is 1.13. The fraction of sp³-hybridized carbons (Fsp3) is 0.333. The number of halogens is 1. The minimum Gasteiger partial charge on any atom is -0.140 e. The molecule has 2 heteroatoms. The fourth-order valence-electron chi connectivity index (χ4n) is 1.61. The Balaban J connectivity index is 2.64. The predicted octanol–water partition coefficient (Wildman–Crippen LogP) is 4.63. The van der Waals surface area contributed by atoms with Gasteiger partial charge in [-0.2, -0.15) is 0 Å². The monoisotopic (exact) mass is 316 g/mol. The van der Waals surface area contributed by atoms with Crippen molar-refractivity contribution in [3.8, 4) is 0 Å². The summed E-state index contributed by atoms with van der Waals surface area (Å²) in [5.41, 5.74) is 1.47. The molecule has 0 nitrogen and oxygen atoms in total. The zero-order valence-electron chi connectivity index (χ0n) is 8.43. The smallest absolute Gasteiger partial charge is 0.0356 e. The van der Waals surface area contributed by atoms with Gasteiger partial charge in [-0.05, 0) is 64.6 Å². The molecular weight excluding hydrogens is 303 g/mol. The Labute approximate surface area is 102 Å². The molecule has 0 spiro atoms. The Hall–Kier alpha value is -0.0900. The molecule has 0 aliphatic carbocycles. The van der Waals surface area contributed by atoms with Gasteiger partial charge in [-0.15, -0.1) is 11.3 Å². The molecule has 14 heavy (non-hydrogen) atoms. The van der Waals surface area contributed by atoms with Gasteiger partial charge in [-0.3, -0.25) is 0 Å². The van der Waals surface area contributed by atoms with Gasteiger partial charge in [0.2, 0.25) is 0 Å². The van der Waals surface area contributed by atoms with E-state index in [9.17, 15) is 0 Å². The number of benzene rings is 1. The molecule has 0 radical (unpaired) electrons. The van der Waals surface area contributed by atoms with E-state index in [1.165, 1.54) is 24.1 Å². The summed E-state index contributed by atoms with van der Waals surface area (Å²) in [5.74, 6) is 0. The van der Waals surface area contributed by atoms with Crippen LogP contribution in [0, 0.1) is 3.57 Å². The van der Waals surface area contributed by atoms with Crippen molar-refractivity contribution >= 4 is 44.0 Å². The molecule has 0 bridgehead atoms. The highest BCUT2D eigenvalue weighted by Crippen LogP contribution is 2.29. The zero-order chi connectivity index (χ0) is 10.1. The lowest BCUT2D eigenvalue weighted by molar-refractivity contribution is 1.13. The molecule has 2 rings (SSSR count). The van der Waals surface area contributed by atoms with Crippen LogP contribution < -0.4 is 0 Å². The van der Waals surface area contributed by atoms with Crippen molar-refractivity contribution in [3.63, 3.8) is 0 Å². The van der Waals surface area contributed by atoms with Gasteiger partial charge in [0.25, 0.3) is 0 Å². The van der Waals surface area contributed by atoms with Gasteiger partial charge in [0.15, 0.2) is 0 Å². The van der Waals surface area contributed by atoms with Crippen LogP contribution >= 0.6 is 33.9 Å². The van der Waals surface area contributed by atoms with E-state index in [-0.39, 0.29) is 0 Å². The second-order valence-electron chi connectivity index (χ2n) is 3.40. The van der Waals surface area contributed by atoms with Gasteiger partial charge in [0.05, 0.1) is 0 Å². The highest BCUT2D eigenvalue weighted by Gasteiger charge is 2.04. The third kappa shape index (κ3) is 1.82. The van der Waals surface area contributed by atoms with Crippen molar-refractivity contribution < 1.29 is 0 Å². The molecule has 2 aromatic rings. The normalized spacial score (nSPS) is 11.1. The molecule has 0 unspecified atom stereocenters. The van der Waals surface area contributed by atoms with E-state index in [2.05, 4.69) is 54.6 Å². The van der Waals surface area contributed by atoms with Crippen LogP contribution in [0.1, 0.15) is 24.3 Å². The van der Waals surface area contributed by atoms with E-state index in [4.69, 9.17) is 0 Å². The van der Waals surface area contributed by atoms with E-state index < -0.39 is 0 Å². The van der Waals surface area contributed by atoms with E-state index in [0.29, 0.717) is 0 Å². The van der Waals surface area contributed by atoms with Crippen LogP contribution in [0.25, 0.3) is 10.1 Å². The summed E-state index contributed by atoms with van der Waals surface area (Å²) < 4.78 is 2.84. The highest BCUT2D eigenvalue weighted by molar-refractivity contribution is 14.1. The largest absolute Gasteiger partial charge is 0.140 e. The summed E-state index contributed by atoms with van der Waals surface area (Å²) >= 11 is 4.36. The zero-order valence-corrected chi connectivity index (χ0v) is 11.4. The van der Waals surface area contributed by atoms with Crippen LogP contribution in [0.15, 0.2) is 18.2 Å². The highest BCUT2D eigenvalue weighted by atomic mass is 127. The number of thiophene rings is 1. The summed E-state index contributed by atoms with van der Waals surface area (Å²) in [6, 6.07) is 6.99. The molecule has 0 fully saturated rings. The molecule has 1 heterocycles. The van der Waals surface area contributed by atoms with Crippen molar-refractivity contribution in [2.45, 2.75) is 26.7 Å². The Kier molecular flexibility index (Phi) is 3.12. The molecule has 0 atom stereocenters. The topological polar surface area (TPSA) is 0 Å². The van der Waals surface area contributed by atoms with E-state index >= 15 is 0 Å². The lowest BCUT2D eigenvalue weighted by Gasteiger charge is -2.00. The molecule has 1 aromatic carbocycles. The van der Waals surface area contributed by atoms with Crippen LogP contribution in [0.5, 0.6) is 0 Å². The Morgan fingerprint density at radius 3 is 2.57 bits per heavy atom. The van der Waals surface area contributed by atoms with E-state index in [1.54, 1.807) is 0 Å². The maximum absolute atomic E-state index is 2.44. The van der Waals surface area contributed by atoms with Crippen LogP contribution in [0.4, 0.5) is 0 Å². The molecule has 0 amide bonds. The van der Waals surface area contributed by atoms with Gasteiger partial charge in [-0.25, -0.2) is 0 Å². The Bertz CT molecular complexity index is 457. The van der Waals surface area contributed by atoms with Crippen LogP contribution in [-0.2, 0) is 12.8 Å². The first-order chi connectivity index (χ1) is 6.74. The average Bonchev–Trinajstić information content (AvgIpc) is 2.58.